The Hall–Kier alpha value is -0.870. The summed E-state index contributed by atoms with van der Waals surface area (Å²) in [5, 5.41) is 7.95. The van der Waals surface area contributed by atoms with Gasteiger partial charge in [0, 0.05) is 37.9 Å². The maximum Gasteiger partial charge on any atom is 0.0522 e. The van der Waals surface area contributed by atoms with Crippen LogP contribution >= 0.6 is 0 Å². The number of aryl methyl sites for hydroxylation is 1. The van der Waals surface area contributed by atoms with E-state index in [1.165, 1.54) is 44.2 Å². The molecule has 2 bridgehead atoms. The van der Waals surface area contributed by atoms with Crippen molar-refractivity contribution in [2.24, 2.45) is 7.05 Å². The zero-order chi connectivity index (χ0) is 13.9. The van der Waals surface area contributed by atoms with Crippen molar-refractivity contribution in [2.45, 2.75) is 63.6 Å². The van der Waals surface area contributed by atoms with Gasteiger partial charge in [-0.25, -0.2) is 0 Å². The molecule has 2 fully saturated rings. The van der Waals surface area contributed by atoms with Gasteiger partial charge in [0.25, 0.3) is 0 Å². The van der Waals surface area contributed by atoms with Crippen LogP contribution in [0.15, 0.2) is 12.4 Å². The van der Waals surface area contributed by atoms with Crippen LogP contribution in [0, 0.1) is 0 Å². The van der Waals surface area contributed by atoms with Crippen LogP contribution < -0.4 is 5.32 Å². The Bertz CT molecular complexity index is 414. The van der Waals surface area contributed by atoms with E-state index < -0.39 is 0 Å². The summed E-state index contributed by atoms with van der Waals surface area (Å²) in [6, 6.07) is 2.37. The number of aromatic nitrogens is 2. The number of hydrogen-bond acceptors (Lipinski definition) is 3. The molecule has 1 aromatic rings. The minimum absolute atomic E-state index is 0.755. The smallest absolute Gasteiger partial charge is 0.0522 e. The fourth-order valence-electron chi connectivity index (χ4n) is 4.16. The Morgan fingerprint density at radius 3 is 2.65 bits per heavy atom. The SMILES string of the molecule is CCNC1CC2CCCC(C1)N2CCc1cnn(C)c1. The van der Waals surface area contributed by atoms with E-state index >= 15 is 0 Å². The molecule has 1 aromatic heterocycles. The summed E-state index contributed by atoms with van der Waals surface area (Å²) < 4.78 is 1.91. The molecule has 2 aliphatic heterocycles. The molecule has 1 N–H and O–H groups in total. The van der Waals surface area contributed by atoms with Gasteiger partial charge >= 0.3 is 0 Å². The topological polar surface area (TPSA) is 33.1 Å². The number of hydrogen-bond donors (Lipinski definition) is 1. The summed E-state index contributed by atoms with van der Waals surface area (Å²) in [7, 11) is 2.00. The van der Waals surface area contributed by atoms with Gasteiger partial charge in [-0.1, -0.05) is 13.3 Å². The molecule has 4 heteroatoms. The Balaban J connectivity index is 1.59. The van der Waals surface area contributed by atoms with Gasteiger partial charge in [0.15, 0.2) is 0 Å². The highest BCUT2D eigenvalue weighted by Crippen LogP contribution is 2.34. The zero-order valence-corrected chi connectivity index (χ0v) is 12.9. The molecular formula is C16H28N4. The molecule has 2 aliphatic rings. The lowest BCUT2D eigenvalue weighted by molar-refractivity contribution is 0.0260. The molecule has 0 spiro atoms. The van der Waals surface area contributed by atoms with Gasteiger partial charge in [-0.15, -0.1) is 0 Å². The van der Waals surface area contributed by atoms with Crippen LogP contribution in [-0.4, -0.2) is 45.9 Å². The molecule has 2 saturated heterocycles. The number of fused-ring (bicyclic) bond motifs is 2. The normalized spacial score (nSPS) is 30.6. The molecule has 0 radical (unpaired) electrons. The Labute approximate surface area is 122 Å². The highest BCUT2D eigenvalue weighted by atomic mass is 15.2. The third kappa shape index (κ3) is 3.07. The summed E-state index contributed by atoms with van der Waals surface area (Å²) in [4.78, 5) is 2.80. The van der Waals surface area contributed by atoms with Gasteiger partial charge in [0.2, 0.25) is 0 Å². The number of rotatable bonds is 5. The quantitative estimate of drug-likeness (QED) is 0.892. The van der Waals surface area contributed by atoms with Crippen LogP contribution in [0.3, 0.4) is 0 Å². The van der Waals surface area contributed by atoms with Gasteiger partial charge < -0.3 is 5.32 Å². The van der Waals surface area contributed by atoms with Gasteiger partial charge in [-0.05, 0) is 44.2 Å². The third-order valence-corrected chi connectivity index (χ3v) is 5.04. The van der Waals surface area contributed by atoms with Crippen molar-refractivity contribution in [2.75, 3.05) is 13.1 Å². The molecule has 3 rings (SSSR count). The van der Waals surface area contributed by atoms with Gasteiger partial charge in [0.05, 0.1) is 6.20 Å². The Morgan fingerprint density at radius 2 is 2.05 bits per heavy atom. The second-order valence-corrected chi connectivity index (χ2v) is 6.47. The molecule has 0 amide bonds. The number of nitrogens with zero attached hydrogens (tertiary/aromatic N) is 3. The minimum atomic E-state index is 0.755. The van der Waals surface area contributed by atoms with E-state index in [9.17, 15) is 0 Å². The maximum absolute atomic E-state index is 4.28. The van der Waals surface area contributed by atoms with Crippen LogP contribution in [0.1, 0.15) is 44.6 Å². The molecule has 2 atom stereocenters. The van der Waals surface area contributed by atoms with E-state index in [2.05, 4.69) is 28.4 Å². The van der Waals surface area contributed by atoms with Crippen LogP contribution in [0.25, 0.3) is 0 Å². The van der Waals surface area contributed by atoms with Crippen LogP contribution in [-0.2, 0) is 13.5 Å². The largest absolute Gasteiger partial charge is 0.314 e. The average molecular weight is 276 g/mol. The first kappa shape index (κ1) is 14.1. The lowest BCUT2D eigenvalue weighted by atomic mass is 9.81. The van der Waals surface area contributed by atoms with Crippen molar-refractivity contribution in [3.8, 4) is 0 Å². The zero-order valence-electron chi connectivity index (χ0n) is 12.9. The summed E-state index contributed by atoms with van der Waals surface area (Å²) >= 11 is 0. The van der Waals surface area contributed by atoms with E-state index in [0.29, 0.717) is 0 Å². The molecular weight excluding hydrogens is 248 g/mol. The van der Waals surface area contributed by atoms with Crippen LogP contribution in [0.4, 0.5) is 0 Å². The molecule has 4 nitrogen and oxygen atoms in total. The first-order chi connectivity index (χ1) is 9.76. The fourth-order valence-corrected chi connectivity index (χ4v) is 4.16. The molecule has 2 unspecified atom stereocenters. The molecule has 0 saturated carbocycles. The summed E-state index contributed by atoms with van der Waals surface area (Å²) in [5.74, 6) is 0. The van der Waals surface area contributed by atoms with E-state index in [0.717, 1.165) is 31.1 Å². The lowest BCUT2D eigenvalue weighted by Crippen LogP contribution is -2.56. The third-order valence-electron chi connectivity index (χ3n) is 5.04. The first-order valence-electron chi connectivity index (χ1n) is 8.23. The monoisotopic (exact) mass is 276 g/mol. The predicted molar refractivity (Wildman–Crippen MR) is 81.7 cm³/mol. The van der Waals surface area contributed by atoms with E-state index in [1.54, 1.807) is 0 Å². The second kappa shape index (κ2) is 6.27. The fraction of sp³-hybridized carbons (Fsp3) is 0.812. The second-order valence-electron chi connectivity index (χ2n) is 6.47. The van der Waals surface area contributed by atoms with Crippen molar-refractivity contribution in [3.63, 3.8) is 0 Å². The van der Waals surface area contributed by atoms with Gasteiger partial charge in [-0.2, -0.15) is 5.10 Å². The van der Waals surface area contributed by atoms with Crippen molar-refractivity contribution >= 4 is 0 Å². The van der Waals surface area contributed by atoms with Crippen molar-refractivity contribution in [3.05, 3.63) is 18.0 Å². The molecule has 20 heavy (non-hydrogen) atoms. The summed E-state index contributed by atoms with van der Waals surface area (Å²) in [6.07, 6.45) is 12.2. The van der Waals surface area contributed by atoms with E-state index in [-0.39, 0.29) is 0 Å². The van der Waals surface area contributed by atoms with Gasteiger partial charge in [0.1, 0.15) is 0 Å². The Morgan fingerprint density at radius 1 is 1.30 bits per heavy atom. The molecule has 112 valence electrons. The van der Waals surface area contributed by atoms with Crippen LogP contribution in [0.2, 0.25) is 0 Å². The van der Waals surface area contributed by atoms with Gasteiger partial charge in [-0.3, -0.25) is 9.58 Å². The minimum Gasteiger partial charge on any atom is -0.314 e. The first-order valence-corrected chi connectivity index (χ1v) is 8.23. The van der Waals surface area contributed by atoms with Crippen molar-refractivity contribution in [1.82, 2.24) is 20.0 Å². The van der Waals surface area contributed by atoms with Crippen molar-refractivity contribution in [1.29, 1.82) is 0 Å². The predicted octanol–water partition coefficient (Wildman–Crippen LogP) is 1.96. The van der Waals surface area contributed by atoms with E-state index in [1.807, 2.05) is 17.9 Å². The molecule has 0 aliphatic carbocycles. The van der Waals surface area contributed by atoms with Crippen molar-refractivity contribution < 1.29 is 0 Å². The lowest BCUT2D eigenvalue weighted by Gasteiger charge is -2.49. The standard InChI is InChI=1S/C16H28N4/c1-3-17-14-9-15-5-4-6-16(10-14)20(15)8-7-13-11-18-19(2)12-13/h11-12,14-17H,3-10H2,1-2H3. The van der Waals surface area contributed by atoms with E-state index in [4.69, 9.17) is 0 Å². The summed E-state index contributed by atoms with van der Waals surface area (Å²) in [5.41, 5.74) is 1.37. The van der Waals surface area contributed by atoms with Crippen LogP contribution in [0.5, 0.6) is 0 Å². The highest BCUT2D eigenvalue weighted by molar-refractivity contribution is 5.05. The summed E-state index contributed by atoms with van der Waals surface area (Å²) in [6.45, 7) is 4.55. The number of nitrogens with one attached hydrogen (secondary N) is 1. The molecule has 0 aromatic carbocycles. The molecule has 3 heterocycles. The maximum atomic E-state index is 4.28. The Kier molecular flexibility index (Phi) is 4.41. The average Bonchev–Trinajstić information content (AvgIpc) is 2.82. The number of piperidine rings is 2. The highest BCUT2D eigenvalue weighted by Gasteiger charge is 2.37.